The van der Waals surface area contributed by atoms with Crippen LogP contribution in [0.15, 0.2) is 54.6 Å². The molecular formula is C25H32N6O. The Morgan fingerprint density at radius 2 is 1.59 bits per heavy atom. The fourth-order valence-electron chi connectivity index (χ4n) is 5.24. The Bertz CT molecular complexity index is 992. The average molecular weight is 433 g/mol. The van der Waals surface area contributed by atoms with Crippen LogP contribution in [0.2, 0.25) is 0 Å². The van der Waals surface area contributed by atoms with Crippen molar-refractivity contribution in [3.05, 3.63) is 66.0 Å². The molecule has 168 valence electrons. The second-order valence-corrected chi connectivity index (χ2v) is 8.78. The maximum Gasteiger partial charge on any atom is 0.173 e. The third-order valence-electron chi connectivity index (χ3n) is 6.90. The zero-order valence-corrected chi connectivity index (χ0v) is 18.8. The Hall–Kier alpha value is -2.93. The zero-order chi connectivity index (χ0) is 21.8. The number of methoxy groups -OCH3 is 1. The molecule has 3 aromatic rings. The van der Waals surface area contributed by atoms with Gasteiger partial charge in [0, 0.05) is 26.2 Å². The van der Waals surface area contributed by atoms with Crippen molar-refractivity contribution in [2.45, 2.75) is 44.2 Å². The predicted molar refractivity (Wildman–Crippen MR) is 125 cm³/mol. The fourth-order valence-corrected chi connectivity index (χ4v) is 5.24. The summed E-state index contributed by atoms with van der Waals surface area (Å²) < 4.78 is 7.73. The summed E-state index contributed by atoms with van der Waals surface area (Å²) in [5, 5.41) is 13.2. The lowest BCUT2D eigenvalue weighted by Crippen LogP contribution is -2.48. The molecule has 0 N–H and O–H groups in total. The number of benzene rings is 2. The van der Waals surface area contributed by atoms with Gasteiger partial charge in [0.05, 0.1) is 24.9 Å². The molecule has 1 atom stereocenters. The zero-order valence-electron chi connectivity index (χ0n) is 18.8. The summed E-state index contributed by atoms with van der Waals surface area (Å²) in [5.74, 6) is 1.91. The van der Waals surface area contributed by atoms with Crippen LogP contribution in [0.5, 0.6) is 5.75 Å². The minimum absolute atomic E-state index is 0.0629. The van der Waals surface area contributed by atoms with Crippen LogP contribution < -0.4 is 9.64 Å². The Morgan fingerprint density at radius 1 is 0.875 bits per heavy atom. The molecule has 2 fully saturated rings. The molecule has 1 saturated heterocycles. The maximum absolute atomic E-state index is 5.60. The van der Waals surface area contributed by atoms with Crippen LogP contribution in [0.1, 0.15) is 55.6 Å². The highest BCUT2D eigenvalue weighted by Gasteiger charge is 2.33. The number of para-hydroxylation sites is 2. The van der Waals surface area contributed by atoms with Crippen molar-refractivity contribution in [2.24, 2.45) is 0 Å². The van der Waals surface area contributed by atoms with E-state index < -0.39 is 0 Å². The molecule has 2 aliphatic rings. The van der Waals surface area contributed by atoms with Crippen LogP contribution in [0.3, 0.4) is 0 Å². The molecule has 2 aromatic carbocycles. The van der Waals surface area contributed by atoms with Crippen molar-refractivity contribution < 1.29 is 4.74 Å². The highest BCUT2D eigenvalue weighted by atomic mass is 16.5. The number of piperazine rings is 1. The molecule has 7 nitrogen and oxygen atoms in total. The molecule has 1 aromatic heterocycles. The second kappa shape index (κ2) is 9.69. The minimum Gasteiger partial charge on any atom is -0.495 e. The fraction of sp³-hybridized carbons (Fsp3) is 0.480. The summed E-state index contributed by atoms with van der Waals surface area (Å²) >= 11 is 0. The SMILES string of the molecule is COc1ccccc1N1CCN([C@H](c2ccccc2)c2nnnn2C2CCCCC2)CC1. The van der Waals surface area contributed by atoms with Crippen LogP contribution in [0.4, 0.5) is 5.69 Å². The molecule has 0 amide bonds. The van der Waals surface area contributed by atoms with E-state index in [1.165, 1.54) is 37.7 Å². The molecule has 5 rings (SSSR count). The van der Waals surface area contributed by atoms with Crippen molar-refractivity contribution in [1.29, 1.82) is 0 Å². The Morgan fingerprint density at radius 3 is 2.34 bits per heavy atom. The summed E-state index contributed by atoms with van der Waals surface area (Å²) in [4.78, 5) is 4.95. The second-order valence-electron chi connectivity index (χ2n) is 8.78. The van der Waals surface area contributed by atoms with Gasteiger partial charge in [0.25, 0.3) is 0 Å². The molecule has 0 spiro atoms. The third kappa shape index (κ3) is 4.21. The number of aromatic nitrogens is 4. The normalized spacial score (nSPS) is 19.1. The Labute approximate surface area is 190 Å². The number of hydrogen-bond acceptors (Lipinski definition) is 6. The van der Waals surface area contributed by atoms with Gasteiger partial charge < -0.3 is 9.64 Å². The molecule has 1 aliphatic carbocycles. The van der Waals surface area contributed by atoms with Crippen LogP contribution in [-0.2, 0) is 0 Å². The number of anilines is 1. The van der Waals surface area contributed by atoms with Gasteiger partial charge in [0.15, 0.2) is 5.82 Å². The van der Waals surface area contributed by atoms with Gasteiger partial charge in [-0.25, -0.2) is 4.68 Å². The van der Waals surface area contributed by atoms with Crippen molar-refractivity contribution in [1.82, 2.24) is 25.1 Å². The molecule has 0 unspecified atom stereocenters. The first kappa shape index (κ1) is 20.9. The summed E-state index contributed by atoms with van der Waals surface area (Å²) in [6.45, 7) is 3.76. The Balaban J connectivity index is 1.41. The molecule has 7 heteroatoms. The van der Waals surface area contributed by atoms with Gasteiger partial charge in [-0.3, -0.25) is 4.90 Å². The van der Waals surface area contributed by atoms with E-state index in [1.807, 2.05) is 12.1 Å². The first-order chi connectivity index (χ1) is 15.8. The average Bonchev–Trinajstić information content (AvgIpc) is 3.35. The molecule has 1 aliphatic heterocycles. The predicted octanol–water partition coefficient (Wildman–Crippen LogP) is 4.10. The van der Waals surface area contributed by atoms with E-state index in [1.54, 1.807) is 7.11 Å². The lowest BCUT2D eigenvalue weighted by Gasteiger charge is -2.40. The third-order valence-corrected chi connectivity index (χ3v) is 6.90. The van der Waals surface area contributed by atoms with Gasteiger partial charge in [0.1, 0.15) is 5.75 Å². The topological polar surface area (TPSA) is 59.3 Å². The number of ether oxygens (including phenoxy) is 1. The van der Waals surface area contributed by atoms with E-state index in [2.05, 4.69) is 72.5 Å². The summed E-state index contributed by atoms with van der Waals surface area (Å²) in [6, 6.07) is 19.5. The molecule has 32 heavy (non-hydrogen) atoms. The molecule has 0 radical (unpaired) electrons. The number of rotatable bonds is 6. The van der Waals surface area contributed by atoms with Crippen LogP contribution in [-0.4, -0.2) is 58.4 Å². The molecule has 0 bridgehead atoms. The largest absolute Gasteiger partial charge is 0.495 e. The van der Waals surface area contributed by atoms with Gasteiger partial charge >= 0.3 is 0 Å². The summed E-state index contributed by atoms with van der Waals surface area (Å²) in [7, 11) is 1.74. The van der Waals surface area contributed by atoms with Crippen molar-refractivity contribution in [3.8, 4) is 5.75 Å². The molecular weight excluding hydrogens is 400 g/mol. The highest BCUT2D eigenvalue weighted by Crippen LogP contribution is 2.35. The monoisotopic (exact) mass is 432 g/mol. The first-order valence-corrected chi connectivity index (χ1v) is 11.8. The summed E-state index contributed by atoms with van der Waals surface area (Å²) in [6.07, 6.45) is 6.18. The van der Waals surface area contributed by atoms with E-state index in [-0.39, 0.29) is 6.04 Å². The van der Waals surface area contributed by atoms with E-state index in [4.69, 9.17) is 4.74 Å². The van der Waals surface area contributed by atoms with E-state index in [0.29, 0.717) is 6.04 Å². The van der Waals surface area contributed by atoms with Crippen molar-refractivity contribution in [3.63, 3.8) is 0 Å². The van der Waals surface area contributed by atoms with Gasteiger partial charge in [-0.15, -0.1) is 5.10 Å². The minimum atomic E-state index is 0.0629. The Kier molecular flexibility index (Phi) is 6.34. The number of nitrogens with zero attached hydrogens (tertiary/aromatic N) is 6. The van der Waals surface area contributed by atoms with Crippen LogP contribution in [0.25, 0.3) is 0 Å². The molecule has 2 heterocycles. The summed E-state index contributed by atoms with van der Waals surface area (Å²) in [5.41, 5.74) is 2.42. The lowest BCUT2D eigenvalue weighted by molar-refractivity contribution is 0.193. The first-order valence-electron chi connectivity index (χ1n) is 11.8. The van der Waals surface area contributed by atoms with E-state index in [9.17, 15) is 0 Å². The lowest BCUT2D eigenvalue weighted by atomic mass is 9.95. The number of hydrogen-bond donors (Lipinski definition) is 0. The van der Waals surface area contributed by atoms with Crippen LogP contribution >= 0.6 is 0 Å². The smallest absolute Gasteiger partial charge is 0.173 e. The van der Waals surface area contributed by atoms with Crippen molar-refractivity contribution in [2.75, 3.05) is 38.2 Å². The van der Waals surface area contributed by atoms with Crippen LogP contribution in [0, 0.1) is 0 Å². The standard InChI is InChI=1S/C25H32N6O/c1-32-23-15-9-8-14-22(23)29-16-18-30(19-17-29)24(20-10-4-2-5-11-20)25-26-27-28-31(25)21-12-6-3-7-13-21/h2,4-5,8-11,14-15,21,24H,3,6-7,12-13,16-19H2,1H3/t24-/m1/s1. The number of tetrazole rings is 1. The van der Waals surface area contributed by atoms with Gasteiger partial charge in [-0.05, 0) is 41.0 Å². The highest BCUT2D eigenvalue weighted by molar-refractivity contribution is 5.58. The quantitative estimate of drug-likeness (QED) is 0.585. The van der Waals surface area contributed by atoms with Gasteiger partial charge in [-0.1, -0.05) is 61.7 Å². The van der Waals surface area contributed by atoms with E-state index in [0.717, 1.165) is 43.4 Å². The maximum atomic E-state index is 5.60. The van der Waals surface area contributed by atoms with Gasteiger partial charge in [-0.2, -0.15) is 0 Å². The van der Waals surface area contributed by atoms with Gasteiger partial charge in [0.2, 0.25) is 0 Å². The van der Waals surface area contributed by atoms with Crippen molar-refractivity contribution >= 4 is 5.69 Å². The molecule has 1 saturated carbocycles. The van der Waals surface area contributed by atoms with E-state index >= 15 is 0 Å².